The van der Waals surface area contributed by atoms with E-state index in [0.717, 1.165) is 64.8 Å². The van der Waals surface area contributed by atoms with E-state index in [1.165, 1.54) is 31.5 Å². The van der Waals surface area contributed by atoms with Crippen molar-refractivity contribution in [2.24, 2.45) is 11.8 Å². The third-order valence-electron chi connectivity index (χ3n) is 7.42. The van der Waals surface area contributed by atoms with Gasteiger partial charge in [0.05, 0.1) is 12.0 Å². The summed E-state index contributed by atoms with van der Waals surface area (Å²) in [7, 11) is 0. The quantitative estimate of drug-likeness (QED) is 0.751. The first-order valence-corrected chi connectivity index (χ1v) is 11.9. The van der Waals surface area contributed by atoms with Gasteiger partial charge in [-0.25, -0.2) is 0 Å². The predicted molar refractivity (Wildman–Crippen MR) is 119 cm³/mol. The zero-order chi connectivity index (χ0) is 20.8. The molecular weight excluding hydrogens is 372 g/mol. The van der Waals surface area contributed by atoms with E-state index >= 15 is 0 Å². The lowest BCUT2D eigenvalue weighted by molar-refractivity contribution is -0.139. The highest BCUT2D eigenvalue weighted by molar-refractivity contribution is 5.79. The molecule has 1 amide bonds. The fraction of sp³-hybridized carbons (Fsp3) is 0.680. The Bertz CT molecular complexity index is 714. The zero-order valence-electron chi connectivity index (χ0n) is 18.2. The highest BCUT2D eigenvalue weighted by atomic mass is 16.2. The van der Waals surface area contributed by atoms with E-state index in [0.29, 0.717) is 11.9 Å². The molecule has 3 fully saturated rings. The SMILES string of the molecule is N#CC1CCN(C(=O)[C@@H]2CCCN(C3CCN(CCc4ccccc4)CC3)C2)CC1. The van der Waals surface area contributed by atoms with Gasteiger partial charge in [0, 0.05) is 38.1 Å². The number of piperidine rings is 3. The van der Waals surface area contributed by atoms with Crippen molar-refractivity contribution in [1.29, 1.82) is 5.26 Å². The number of nitrogens with zero attached hydrogens (tertiary/aromatic N) is 4. The summed E-state index contributed by atoms with van der Waals surface area (Å²) >= 11 is 0. The molecule has 0 spiro atoms. The van der Waals surface area contributed by atoms with Crippen molar-refractivity contribution in [2.45, 2.75) is 51.0 Å². The molecule has 1 aromatic rings. The van der Waals surface area contributed by atoms with E-state index in [2.05, 4.69) is 46.2 Å². The van der Waals surface area contributed by atoms with Crippen LogP contribution in [0.2, 0.25) is 0 Å². The van der Waals surface area contributed by atoms with Gasteiger partial charge in [0.1, 0.15) is 0 Å². The smallest absolute Gasteiger partial charge is 0.226 e. The molecule has 0 saturated carbocycles. The number of rotatable bonds is 5. The van der Waals surface area contributed by atoms with Gasteiger partial charge in [-0.3, -0.25) is 9.69 Å². The largest absolute Gasteiger partial charge is 0.342 e. The van der Waals surface area contributed by atoms with Crippen LogP contribution < -0.4 is 0 Å². The molecule has 30 heavy (non-hydrogen) atoms. The molecule has 0 aromatic heterocycles. The predicted octanol–water partition coefficient (Wildman–Crippen LogP) is 3.17. The van der Waals surface area contributed by atoms with Gasteiger partial charge < -0.3 is 9.80 Å². The van der Waals surface area contributed by atoms with Crippen LogP contribution >= 0.6 is 0 Å². The average molecular weight is 409 g/mol. The number of hydrogen-bond acceptors (Lipinski definition) is 4. The van der Waals surface area contributed by atoms with Gasteiger partial charge in [0.15, 0.2) is 0 Å². The second-order valence-corrected chi connectivity index (χ2v) is 9.37. The summed E-state index contributed by atoms with van der Waals surface area (Å²) in [5.74, 6) is 0.647. The van der Waals surface area contributed by atoms with E-state index in [1.807, 2.05) is 4.90 Å². The van der Waals surface area contributed by atoms with Crippen LogP contribution in [0.1, 0.15) is 44.1 Å². The van der Waals surface area contributed by atoms with E-state index in [1.54, 1.807) is 0 Å². The molecule has 0 radical (unpaired) electrons. The Hall–Kier alpha value is -1.90. The van der Waals surface area contributed by atoms with Crippen molar-refractivity contribution < 1.29 is 4.79 Å². The summed E-state index contributed by atoms with van der Waals surface area (Å²) in [5.41, 5.74) is 1.43. The lowest BCUT2D eigenvalue weighted by atomic mass is 9.91. The summed E-state index contributed by atoms with van der Waals surface area (Å²) in [5, 5.41) is 9.09. The number of amides is 1. The molecule has 1 atom stereocenters. The molecule has 3 heterocycles. The molecule has 0 N–H and O–H groups in total. The van der Waals surface area contributed by atoms with Crippen LogP contribution in [-0.4, -0.2) is 72.5 Å². The molecule has 0 aliphatic carbocycles. The van der Waals surface area contributed by atoms with Gasteiger partial charge in [-0.15, -0.1) is 0 Å². The van der Waals surface area contributed by atoms with Crippen molar-refractivity contribution in [2.75, 3.05) is 45.8 Å². The van der Waals surface area contributed by atoms with Gasteiger partial charge >= 0.3 is 0 Å². The minimum atomic E-state index is 0.143. The van der Waals surface area contributed by atoms with Gasteiger partial charge in [0.2, 0.25) is 5.91 Å². The second-order valence-electron chi connectivity index (χ2n) is 9.37. The van der Waals surface area contributed by atoms with Crippen molar-refractivity contribution in [3.8, 4) is 6.07 Å². The molecule has 5 heteroatoms. The molecule has 162 valence electrons. The van der Waals surface area contributed by atoms with Crippen molar-refractivity contribution in [3.63, 3.8) is 0 Å². The van der Waals surface area contributed by atoms with Crippen LogP contribution in [0.3, 0.4) is 0 Å². The van der Waals surface area contributed by atoms with E-state index in [9.17, 15) is 4.79 Å². The maximum Gasteiger partial charge on any atom is 0.226 e. The molecular formula is C25H36N4O. The fourth-order valence-electron chi connectivity index (χ4n) is 5.47. The highest BCUT2D eigenvalue weighted by Crippen LogP contribution is 2.27. The standard InChI is InChI=1S/C25H36N4O/c26-19-22-9-17-28(18-10-22)25(30)23-7-4-13-29(20-23)24-11-15-27(16-12-24)14-8-21-5-2-1-3-6-21/h1-3,5-6,22-24H,4,7-18,20H2/t23-/m1/s1. The Kier molecular flexibility index (Phi) is 7.41. The lowest BCUT2D eigenvalue weighted by Gasteiger charge is -2.43. The average Bonchev–Trinajstić information content (AvgIpc) is 2.83. The maximum atomic E-state index is 13.1. The topological polar surface area (TPSA) is 50.6 Å². The third-order valence-corrected chi connectivity index (χ3v) is 7.42. The van der Waals surface area contributed by atoms with E-state index < -0.39 is 0 Å². The van der Waals surface area contributed by atoms with Crippen LogP contribution in [0.4, 0.5) is 0 Å². The lowest BCUT2D eigenvalue weighted by Crippen LogP contribution is -2.52. The molecule has 4 rings (SSSR count). The summed E-state index contributed by atoms with van der Waals surface area (Å²) in [6.07, 6.45) is 7.45. The highest BCUT2D eigenvalue weighted by Gasteiger charge is 2.34. The minimum absolute atomic E-state index is 0.143. The molecule has 3 aliphatic heterocycles. The van der Waals surface area contributed by atoms with Crippen molar-refractivity contribution >= 4 is 5.91 Å². The molecule has 0 bridgehead atoms. The van der Waals surface area contributed by atoms with E-state index in [-0.39, 0.29) is 11.8 Å². The monoisotopic (exact) mass is 408 g/mol. The first-order valence-electron chi connectivity index (χ1n) is 11.9. The Balaban J connectivity index is 1.21. The fourth-order valence-corrected chi connectivity index (χ4v) is 5.47. The first-order chi connectivity index (χ1) is 14.7. The van der Waals surface area contributed by atoms with Gasteiger partial charge in [-0.1, -0.05) is 30.3 Å². The second kappa shape index (κ2) is 10.4. The Morgan fingerprint density at radius 2 is 1.70 bits per heavy atom. The van der Waals surface area contributed by atoms with Crippen molar-refractivity contribution in [3.05, 3.63) is 35.9 Å². The molecule has 1 aromatic carbocycles. The molecule has 3 aliphatic rings. The third kappa shape index (κ3) is 5.42. The van der Waals surface area contributed by atoms with Crippen LogP contribution in [0, 0.1) is 23.2 Å². The summed E-state index contributed by atoms with van der Waals surface area (Å²) in [6, 6.07) is 13.8. The number of hydrogen-bond donors (Lipinski definition) is 0. The van der Waals surface area contributed by atoms with E-state index in [4.69, 9.17) is 5.26 Å². The van der Waals surface area contributed by atoms with Crippen LogP contribution in [0.5, 0.6) is 0 Å². The summed E-state index contributed by atoms with van der Waals surface area (Å²) in [6.45, 7) is 7.13. The number of likely N-dealkylation sites (tertiary alicyclic amines) is 3. The molecule has 5 nitrogen and oxygen atoms in total. The van der Waals surface area contributed by atoms with Crippen LogP contribution in [-0.2, 0) is 11.2 Å². The van der Waals surface area contributed by atoms with Gasteiger partial charge in [-0.05, 0) is 70.1 Å². The maximum absolute atomic E-state index is 13.1. The minimum Gasteiger partial charge on any atom is -0.342 e. The summed E-state index contributed by atoms with van der Waals surface area (Å²) in [4.78, 5) is 20.3. The van der Waals surface area contributed by atoms with Crippen LogP contribution in [0.15, 0.2) is 30.3 Å². The normalized spacial score (nSPS) is 25.2. The first kappa shape index (κ1) is 21.3. The molecule has 0 unspecified atom stereocenters. The Labute approximate surface area is 181 Å². The molecule has 3 saturated heterocycles. The number of carbonyl (C=O) groups is 1. The zero-order valence-corrected chi connectivity index (χ0v) is 18.2. The number of carbonyl (C=O) groups excluding carboxylic acids is 1. The van der Waals surface area contributed by atoms with Crippen LogP contribution in [0.25, 0.3) is 0 Å². The van der Waals surface area contributed by atoms with Crippen molar-refractivity contribution in [1.82, 2.24) is 14.7 Å². The Morgan fingerprint density at radius 3 is 2.40 bits per heavy atom. The Morgan fingerprint density at radius 1 is 0.967 bits per heavy atom. The summed E-state index contributed by atoms with van der Waals surface area (Å²) < 4.78 is 0. The number of benzene rings is 1. The van der Waals surface area contributed by atoms with Gasteiger partial charge in [-0.2, -0.15) is 5.26 Å². The number of nitriles is 1. The van der Waals surface area contributed by atoms with Gasteiger partial charge in [0.25, 0.3) is 0 Å².